The van der Waals surface area contributed by atoms with Crippen LogP contribution in [0.25, 0.3) is 17.0 Å². The van der Waals surface area contributed by atoms with Crippen molar-refractivity contribution in [1.82, 2.24) is 19.6 Å². The molecular formula is C17H16Cl2N4OS. The van der Waals surface area contributed by atoms with Crippen molar-refractivity contribution in [2.24, 2.45) is 0 Å². The molecular weight excluding hydrogens is 379 g/mol. The van der Waals surface area contributed by atoms with Gasteiger partial charge in [0.25, 0.3) is 11.3 Å². The van der Waals surface area contributed by atoms with Crippen LogP contribution in [0.15, 0.2) is 34.1 Å². The minimum atomic E-state index is -0.411. The van der Waals surface area contributed by atoms with Crippen molar-refractivity contribution in [2.45, 2.75) is 31.2 Å². The Morgan fingerprint density at radius 2 is 1.76 bits per heavy atom. The molecule has 0 saturated carbocycles. The van der Waals surface area contributed by atoms with Gasteiger partial charge in [-0.2, -0.15) is 0 Å². The number of aromatic nitrogens is 4. The second-order valence-electron chi connectivity index (χ2n) is 6.52. The second-order valence-corrected chi connectivity index (χ2v) is 8.16. The van der Waals surface area contributed by atoms with Gasteiger partial charge in [0.1, 0.15) is 5.69 Å². The summed E-state index contributed by atoms with van der Waals surface area (Å²) in [4.78, 5) is 17.4. The van der Waals surface area contributed by atoms with E-state index in [-0.39, 0.29) is 11.3 Å². The Hall–Kier alpha value is -1.63. The highest BCUT2D eigenvalue weighted by Gasteiger charge is 2.23. The van der Waals surface area contributed by atoms with E-state index in [1.165, 1.54) is 16.2 Å². The van der Waals surface area contributed by atoms with Gasteiger partial charge >= 0.3 is 0 Å². The zero-order valence-corrected chi connectivity index (χ0v) is 16.5. The summed E-state index contributed by atoms with van der Waals surface area (Å²) < 4.78 is 1.48. The third-order valence-electron chi connectivity index (χ3n) is 3.68. The van der Waals surface area contributed by atoms with E-state index in [0.717, 1.165) is 0 Å². The number of halogens is 2. The average Bonchev–Trinajstić information content (AvgIpc) is 2.53. The molecule has 0 atom stereocenters. The minimum absolute atomic E-state index is 0.217. The lowest BCUT2D eigenvalue weighted by atomic mass is 9.93. The first-order valence-corrected chi connectivity index (χ1v) is 9.51. The van der Waals surface area contributed by atoms with E-state index < -0.39 is 5.41 Å². The molecule has 0 spiro atoms. The summed E-state index contributed by atoms with van der Waals surface area (Å²) in [7, 11) is 0. The molecule has 8 heteroatoms. The van der Waals surface area contributed by atoms with Crippen LogP contribution in [0.1, 0.15) is 26.5 Å². The number of rotatable bonds is 2. The van der Waals surface area contributed by atoms with Crippen molar-refractivity contribution in [3.05, 3.63) is 50.4 Å². The molecule has 0 saturated heterocycles. The van der Waals surface area contributed by atoms with Gasteiger partial charge in [-0.1, -0.05) is 50.0 Å². The lowest BCUT2D eigenvalue weighted by Crippen LogP contribution is -2.31. The first-order chi connectivity index (χ1) is 11.7. The standard InChI is InChI=1S/C17H16Cl2N4OS/c1-17(2,3)14-15(24)23-12(25-4)8-11(20-16(23)22-21-14)13-9(18)6-5-7-10(13)19/h5-8H,1-4H3. The highest BCUT2D eigenvalue weighted by molar-refractivity contribution is 7.98. The predicted octanol–water partition coefficient (Wildman–Crippen LogP) is 4.48. The molecule has 5 nitrogen and oxygen atoms in total. The number of nitrogens with zero attached hydrogens (tertiary/aromatic N) is 4. The van der Waals surface area contributed by atoms with Crippen LogP contribution in [0.4, 0.5) is 0 Å². The van der Waals surface area contributed by atoms with Gasteiger partial charge < -0.3 is 0 Å². The molecule has 0 radical (unpaired) electrons. The highest BCUT2D eigenvalue weighted by Crippen LogP contribution is 2.34. The van der Waals surface area contributed by atoms with Crippen molar-refractivity contribution in [3.8, 4) is 11.3 Å². The first-order valence-electron chi connectivity index (χ1n) is 7.53. The average molecular weight is 395 g/mol. The van der Waals surface area contributed by atoms with Gasteiger partial charge in [-0.05, 0) is 24.5 Å². The fourth-order valence-electron chi connectivity index (χ4n) is 2.46. The number of fused-ring (bicyclic) bond motifs is 1. The van der Waals surface area contributed by atoms with Gasteiger partial charge in [0.15, 0.2) is 0 Å². The van der Waals surface area contributed by atoms with Gasteiger partial charge in [-0.25, -0.2) is 9.38 Å². The van der Waals surface area contributed by atoms with Gasteiger partial charge in [0.2, 0.25) is 0 Å². The molecule has 2 heterocycles. The van der Waals surface area contributed by atoms with E-state index in [9.17, 15) is 4.79 Å². The molecule has 0 amide bonds. The Morgan fingerprint density at radius 3 is 2.32 bits per heavy atom. The smallest absolute Gasteiger partial charge is 0.267 e. The van der Waals surface area contributed by atoms with Crippen molar-refractivity contribution in [1.29, 1.82) is 0 Å². The predicted molar refractivity (Wildman–Crippen MR) is 103 cm³/mol. The van der Waals surface area contributed by atoms with Crippen LogP contribution >= 0.6 is 35.0 Å². The third-order valence-corrected chi connectivity index (χ3v) is 5.03. The lowest BCUT2D eigenvalue weighted by Gasteiger charge is -2.17. The van der Waals surface area contributed by atoms with E-state index in [2.05, 4.69) is 15.2 Å². The molecule has 130 valence electrons. The van der Waals surface area contributed by atoms with Crippen molar-refractivity contribution < 1.29 is 0 Å². The Balaban J connectivity index is 2.36. The first kappa shape index (κ1) is 18.2. The summed E-state index contributed by atoms with van der Waals surface area (Å²) in [5.41, 5.74) is 0.929. The number of hydrogen-bond acceptors (Lipinski definition) is 5. The fraction of sp³-hybridized carbons (Fsp3) is 0.294. The molecule has 3 aromatic rings. The third kappa shape index (κ3) is 3.26. The Labute approximate surface area is 159 Å². The number of hydrogen-bond donors (Lipinski definition) is 0. The number of benzene rings is 1. The molecule has 0 unspecified atom stereocenters. The summed E-state index contributed by atoms with van der Waals surface area (Å²) in [6, 6.07) is 7.05. The van der Waals surface area contributed by atoms with Gasteiger partial charge in [0.05, 0.1) is 20.8 Å². The van der Waals surface area contributed by atoms with Crippen molar-refractivity contribution >= 4 is 40.7 Å². The molecule has 0 aliphatic rings. The molecule has 0 aliphatic heterocycles. The quantitative estimate of drug-likeness (QED) is 0.473. The molecule has 1 aromatic carbocycles. The maximum Gasteiger partial charge on any atom is 0.282 e. The van der Waals surface area contributed by atoms with Crippen LogP contribution in [-0.4, -0.2) is 25.8 Å². The summed E-state index contributed by atoms with van der Waals surface area (Å²) >= 11 is 14.0. The molecule has 25 heavy (non-hydrogen) atoms. The number of thioether (sulfide) groups is 1. The molecule has 0 bridgehead atoms. The van der Waals surface area contributed by atoms with Crippen LogP contribution in [0.2, 0.25) is 10.0 Å². The molecule has 2 aromatic heterocycles. The molecule has 0 fully saturated rings. The SMILES string of the molecule is CSc1cc(-c2c(Cl)cccc2Cl)nc2nnc(C(C)(C)C)c(=O)n12. The van der Waals surface area contributed by atoms with Crippen LogP contribution in [0, 0.1) is 0 Å². The van der Waals surface area contributed by atoms with Crippen molar-refractivity contribution in [2.75, 3.05) is 6.26 Å². The van der Waals surface area contributed by atoms with E-state index in [4.69, 9.17) is 23.2 Å². The van der Waals surface area contributed by atoms with E-state index in [1.54, 1.807) is 24.3 Å². The maximum absolute atomic E-state index is 12.9. The van der Waals surface area contributed by atoms with E-state index in [0.29, 0.717) is 32.0 Å². The largest absolute Gasteiger partial charge is 0.282 e. The fourth-order valence-corrected chi connectivity index (χ4v) is 3.63. The van der Waals surface area contributed by atoms with Crippen LogP contribution in [0.5, 0.6) is 0 Å². The van der Waals surface area contributed by atoms with E-state index >= 15 is 0 Å². The normalized spacial score (nSPS) is 11.9. The summed E-state index contributed by atoms with van der Waals surface area (Å²) in [5, 5.41) is 9.94. The van der Waals surface area contributed by atoms with Gasteiger partial charge in [-0.15, -0.1) is 22.0 Å². The topological polar surface area (TPSA) is 60.2 Å². The van der Waals surface area contributed by atoms with Crippen LogP contribution in [-0.2, 0) is 5.41 Å². The lowest BCUT2D eigenvalue weighted by molar-refractivity contribution is 0.542. The minimum Gasteiger partial charge on any atom is -0.267 e. The maximum atomic E-state index is 12.9. The van der Waals surface area contributed by atoms with Gasteiger partial charge in [0, 0.05) is 11.0 Å². The summed E-state index contributed by atoms with van der Waals surface area (Å²) in [6.45, 7) is 5.78. The van der Waals surface area contributed by atoms with Crippen LogP contribution in [0.3, 0.4) is 0 Å². The highest BCUT2D eigenvalue weighted by atomic mass is 35.5. The summed E-state index contributed by atoms with van der Waals surface area (Å²) in [5.74, 6) is 0.218. The zero-order chi connectivity index (χ0) is 18.4. The second kappa shape index (κ2) is 6.59. The molecule has 0 aliphatic carbocycles. The van der Waals surface area contributed by atoms with Crippen molar-refractivity contribution in [3.63, 3.8) is 0 Å². The Bertz CT molecular complexity index is 1010. The Morgan fingerprint density at radius 1 is 1.12 bits per heavy atom. The summed E-state index contributed by atoms with van der Waals surface area (Å²) in [6.07, 6.45) is 1.89. The molecule has 3 rings (SSSR count). The molecule has 0 N–H and O–H groups in total. The Kier molecular flexibility index (Phi) is 4.79. The van der Waals surface area contributed by atoms with Crippen LogP contribution < -0.4 is 5.56 Å². The zero-order valence-electron chi connectivity index (χ0n) is 14.2. The monoisotopic (exact) mass is 394 g/mol. The van der Waals surface area contributed by atoms with E-state index in [1.807, 2.05) is 27.0 Å². The van der Waals surface area contributed by atoms with Gasteiger partial charge in [-0.3, -0.25) is 4.79 Å².